The molecule has 1 aromatic rings. The highest BCUT2D eigenvalue weighted by Crippen LogP contribution is 2.30. The summed E-state index contributed by atoms with van der Waals surface area (Å²) in [6.45, 7) is 0.969. The minimum absolute atomic E-state index is 0.359. The Morgan fingerprint density at radius 3 is 3.06 bits per heavy atom. The number of nitrogens with two attached hydrogens (primary N) is 1. The molecule has 0 aromatic heterocycles. The first kappa shape index (κ1) is 12.5. The summed E-state index contributed by atoms with van der Waals surface area (Å²) >= 11 is 2.00. The summed E-state index contributed by atoms with van der Waals surface area (Å²) in [4.78, 5) is 1.49. The molecular formula is C15H22N2S. The third-order valence-electron chi connectivity index (χ3n) is 4.11. The second-order valence-corrected chi connectivity index (χ2v) is 6.61. The highest BCUT2D eigenvalue weighted by molar-refractivity contribution is 7.99. The van der Waals surface area contributed by atoms with Crippen LogP contribution in [-0.4, -0.2) is 17.8 Å². The second-order valence-electron chi connectivity index (χ2n) is 5.48. The van der Waals surface area contributed by atoms with E-state index >= 15 is 0 Å². The lowest BCUT2D eigenvalue weighted by Gasteiger charge is -2.19. The molecule has 3 heteroatoms. The van der Waals surface area contributed by atoms with Gasteiger partial charge in [0.25, 0.3) is 0 Å². The molecule has 0 radical (unpaired) electrons. The van der Waals surface area contributed by atoms with Gasteiger partial charge < -0.3 is 11.1 Å². The number of thioether (sulfide) groups is 1. The van der Waals surface area contributed by atoms with Gasteiger partial charge in [-0.2, -0.15) is 0 Å². The number of benzene rings is 1. The monoisotopic (exact) mass is 262 g/mol. The maximum absolute atomic E-state index is 6.09. The smallest absolute Gasteiger partial charge is 0.0222 e. The lowest BCUT2D eigenvalue weighted by Crippen LogP contribution is -2.40. The first-order chi connectivity index (χ1) is 8.83. The van der Waals surface area contributed by atoms with Gasteiger partial charge in [0, 0.05) is 23.5 Å². The van der Waals surface area contributed by atoms with Crippen LogP contribution < -0.4 is 11.1 Å². The molecule has 1 aliphatic heterocycles. The van der Waals surface area contributed by atoms with E-state index in [9.17, 15) is 0 Å². The fraction of sp³-hybridized carbons (Fsp3) is 0.600. The molecule has 18 heavy (non-hydrogen) atoms. The van der Waals surface area contributed by atoms with E-state index in [2.05, 4.69) is 23.5 Å². The van der Waals surface area contributed by atoms with Crippen LogP contribution in [0.4, 0.5) is 0 Å². The van der Waals surface area contributed by atoms with Gasteiger partial charge in [0.2, 0.25) is 0 Å². The molecule has 2 nitrogen and oxygen atoms in total. The van der Waals surface area contributed by atoms with E-state index in [0.29, 0.717) is 12.1 Å². The maximum atomic E-state index is 6.09. The van der Waals surface area contributed by atoms with E-state index in [1.165, 1.54) is 48.3 Å². The summed E-state index contributed by atoms with van der Waals surface area (Å²) < 4.78 is 0. The number of aryl methyl sites for hydroxylation is 1. The van der Waals surface area contributed by atoms with Crippen LogP contribution in [0.3, 0.4) is 0 Å². The molecule has 2 unspecified atom stereocenters. The molecule has 1 saturated carbocycles. The van der Waals surface area contributed by atoms with Crippen LogP contribution in [0.25, 0.3) is 0 Å². The zero-order valence-electron chi connectivity index (χ0n) is 10.8. The normalized spacial score (nSPS) is 27.2. The molecule has 3 rings (SSSR count). The van der Waals surface area contributed by atoms with Gasteiger partial charge in [-0.25, -0.2) is 0 Å². The standard InChI is InChI=1S/C15H22N2S/c16-13-4-1-5-14(13)17-10-11-6-7-15-12(9-11)3-2-8-18-15/h6-7,9,13-14,17H,1-5,8,10,16H2. The molecular weight excluding hydrogens is 240 g/mol. The van der Waals surface area contributed by atoms with Crippen molar-refractivity contribution >= 4 is 11.8 Å². The van der Waals surface area contributed by atoms with Crippen LogP contribution in [0, 0.1) is 0 Å². The zero-order chi connectivity index (χ0) is 12.4. The van der Waals surface area contributed by atoms with Crippen molar-refractivity contribution in [2.24, 2.45) is 5.73 Å². The first-order valence-electron chi connectivity index (χ1n) is 7.06. The summed E-state index contributed by atoms with van der Waals surface area (Å²) in [6.07, 6.45) is 6.27. The number of hydrogen-bond donors (Lipinski definition) is 2. The minimum atomic E-state index is 0.359. The molecule has 1 aliphatic carbocycles. The minimum Gasteiger partial charge on any atom is -0.326 e. The van der Waals surface area contributed by atoms with Crippen molar-refractivity contribution in [2.75, 3.05) is 5.75 Å². The summed E-state index contributed by atoms with van der Waals surface area (Å²) in [5, 5.41) is 3.62. The number of hydrogen-bond acceptors (Lipinski definition) is 3. The number of rotatable bonds is 3. The highest BCUT2D eigenvalue weighted by atomic mass is 32.2. The second kappa shape index (κ2) is 5.64. The predicted molar refractivity (Wildman–Crippen MR) is 77.9 cm³/mol. The Bertz CT molecular complexity index is 419. The van der Waals surface area contributed by atoms with E-state index in [4.69, 9.17) is 5.73 Å². The Balaban J connectivity index is 1.62. The lowest BCUT2D eigenvalue weighted by atomic mass is 10.1. The molecule has 0 saturated heterocycles. The van der Waals surface area contributed by atoms with Crippen molar-refractivity contribution in [1.29, 1.82) is 0 Å². The van der Waals surface area contributed by atoms with Crippen LogP contribution in [0.15, 0.2) is 23.1 Å². The van der Waals surface area contributed by atoms with Crippen molar-refractivity contribution in [3.05, 3.63) is 29.3 Å². The van der Waals surface area contributed by atoms with Gasteiger partial charge in [-0.15, -0.1) is 11.8 Å². The van der Waals surface area contributed by atoms with Gasteiger partial charge in [-0.1, -0.05) is 18.6 Å². The number of nitrogens with one attached hydrogen (secondary N) is 1. The Labute approximate surface area is 114 Å². The van der Waals surface area contributed by atoms with Gasteiger partial charge >= 0.3 is 0 Å². The van der Waals surface area contributed by atoms with Gasteiger partial charge in [-0.3, -0.25) is 0 Å². The van der Waals surface area contributed by atoms with E-state index in [0.717, 1.165) is 6.54 Å². The van der Waals surface area contributed by atoms with Crippen molar-refractivity contribution in [3.63, 3.8) is 0 Å². The molecule has 0 spiro atoms. The van der Waals surface area contributed by atoms with Gasteiger partial charge in [0.1, 0.15) is 0 Å². The van der Waals surface area contributed by atoms with E-state index < -0.39 is 0 Å². The summed E-state index contributed by atoms with van der Waals surface area (Å²) in [6, 6.07) is 7.83. The van der Waals surface area contributed by atoms with E-state index in [1.54, 1.807) is 5.56 Å². The van der Waals surface area contributed by atoms with Crippen LogP contribution in [0.5, 0.6) is 0 Å². The molecule has 2 aliphatic rings. The van der Waals surface area contributed by atoms with Crippen LogP contribution in [0.1, 0.15) is 36.8 Å². The summed E-state index contributed by atoms with van der Waals surface area (Å²) in [7, 11) is 0. The molecule has 1 fully saturated rings. The Hall–Kier alpha value is -0.510. The fourth-order valence-corrected chi connectivity index (χ4v) is 4.03. The zero-order valence-corrected chi connectivity index (χ0v) is 11.6. The summed E-state index contributed by atoms with van der Waals surface area (Å²) in [5.41, 5.74) is 9.04. The average molecular weight is 262 g/mol. The molecule has 1 aromatic carbocycles. The first-order valence-corrected chi connectivity index (χ1v) is 8.05. The molecule has 0 bridgehead atoms. The Morgan fingerprint density at radius 2 is 2.22 bits per heavy atom. The van der Waals surface area contributed by atoms with Gasteiger partial charge in [-0.05, 0) is 48.6 Å². The van der Waals surface area contributed by atoms with Gasteiger partial charge in [0.15, 0.2) is 0 Å². The van der Waals surface area contributed by atoms with Gasteiger partial charge in [0.05, 0.1) is 0 Å². The molecule has 1 heterocycles. The van der Waals surface area contributed by atoms with Crippen molar-refractivity contribution in [1.82, 2.24) is 5.32 Å². The topological polar surface area (TPSA) is 38.0 Å². The largest absolute Gasteiger partial charge is 0.326 e. The van der Waals surface area contributed by atoms with Crippen LogP contribution >= 0.6 is 11.8 Å². The third kappa shape index (κ3) is 2.73. The lowest BCUT2D eigenvalue weighted by molar-refractivity contribution is 0.475. The van der Waals surface area contributed by atoms with Crippen LogP contribution in [0.2, 0.25) is 0 Å². The molecule has 0 amide bonds. The highest BCUT2D eigenvalue weighted by Gasteiger charge is 2.23. The van der Waals surface area contributed by atoms with Crippen molar-refractivity contribution in [3.8, 4) is 0 Å². The Kier molecular flexibility index (Phi) is 3.92. The van der Waals surface area contributed by atoms with Crippen LogP contribution in [-0.2, 0) is 13.0 Å². The fourth-order valence-electron chi connectivity index (χ4n) is 3.01. The maximum Gasteiger partial charge on any atom is 0.0222 e. The molecule has 3 N–H and O–H groups in total. The SMILES string of the molecule is NC1CCCC1NCc1ccc2c(c1)CCCS2. The van der Waals surface area contributed by atoms with Crippen molar-refractivity contribution in [2.45, 2.75) is 55.6 Å². The van der Waals surface area contributed by atoms with E-state index in [1.807, 2.05) is 11.8 Å². The Morgan fingerprint density at radius 1 is 1.28 bits per heavy atom. The average Bonchev–Trinajstić information content (AvgIpc) is 2.82. The molecule has 98 valence electrons. The molecule has 2 atom stereocenters. The third-order valence-corrected chi connectivity index (χ3v) is 5.31. The summed E-state index contributed by atoms with van der Waals surface area (Å²) in [5.74, 6) is 1.28. The van der Waals surface area contributed by atoms with E-state index in [-0.39, 0.29) is 0 Å². The van der Waals surface area contributed by atoms with Crippen molar-refractivity contribution < 1.29 is 0 Å². The number of fused-ring (bicyclic) bond motifs is 1. The quantitative estimate of drug-likeness (QED) is 0.879. The predicted octanol–water partition coefficient (Wildman–Crippen LogP) is 2.69.